The molecule has 0 amide bonds. The summed E-state index contributed by atoms with van der Waals surface area (Å²) in [6, 6.07) is 83.4. The summed E-state index contributed by atoms with van der Waals surface area (Å²) in [5.41, 5.74) is 16.2. The van der Waals surface area contributed by atoms with Gasteiger partial charge in [-0.15, -0.1) is 11.3 Å². The van der Waals surface area contributed by atoms with Gasteiger partial charge in [0.05, 0.1) is 0 Å². The number of thiophene rings is 1. The molecule has 0 fully saturated rings. The number of rotatable bonds is 8. The Labute approximate surface area is 397 Å². The Kier molecular flexibility index (Phi) is 9.66. The highest BCUT2D eigenvalue weighted by Crippen LogP contribution is 2.45. The fourth-order valence-electron chi connectivity index (χ4n) is 9.57. The summed E-state index contributed by atoms with van der Waals surface area (Å²) in [5.74, 6) is 1.81. The Morgan fingerprint density at radius 1 is 0.265 bits per heavy atom. The molecule has 3 heterocycles. The maximum atomic E-state index is 6.42. The number of hydrogen-bond acceptors (Lipinski definition) is 5. The van der Waals surface area contributed by atoms with E-state index < -0.39 is 0 Å². The largest absolute Gasteiger partial charge is 0.456 e. The highest BCUT2D eigenvalue weighted by Gasteiger charge is 2.19. The lowest BCUT2D eigenvalue weighted by Gasteiger charge is -2.10. The summed E-state index contributed by atoms with van der Waals surface area (Å²) >= 11 is 1.88. The first-order valence-corrected chi connectivity index (χ1v) is 23.6. The molecule has 0 aliphatic rings. The first kappa shape index (κ1) is 39.6. The normalized spacial score (nSPS) is 11.5. The van der Waals surface area contributed by atoms with Crippen LogP contribution in [0.2, 0.25) is 0 Å². The monoisotopic (exact) mass is 885 g/mol. The SMILES string of the molecule is c1ccc(-c2ccc(-c3cccc4c3sc3c(-c5ccc(-c6ccc(-c7nc(-c8ccccc8)nc(-c8cccc9oc%10ccc(-c%11ccccc%11)cc%10c89)n7)cc6)cc5)cccc34)cc2)cc1. The number of benzene rings is 10. The van der Waals surface area contributed by atoms with Crippen molar-refractivity contribution in [3.63, 3.8) is 0 Å². The van der Waals surface area contributed by atoms with E-state index >= 15 is 0 Å². The van der Waals surface area contributed by atoms with E-state index in [-0.39, 0.29) is 0 Å². The summed E-state index contributed by atoms with van der Waals surface area (Å²) in [5, 5.41) is 4.58. The van der Waals surface area contributed by atoms with Crippen molar-refractivity contribution in [1.82, 2.24) is 15.0 Å². The van der Waals surface area contributed by atoms with Gasteiger partial charge in [0, 0.05) is 47.6 Å². The van der Waals surface area contributed by atoms with E-state index in [4.69, 9.17) is 19.4 Å². The van der Waals surface area contributed by atoms with E-state index in [1.54, 1.807) is 0 Å². The van der Waals surface area contributed by atoms with Crippen molar-refractivity contribution in [2.75, 3.05) is 0 Å². The minimum absolute atomic E-state index is 0.592. The van der Waals surface area contributed by atoms with Crippen LogP contribution in [0.25, 0.3) is 132 Å². The molecule has 13 rings (SSSR count). The van der Waals surface area contributed by atoms with Crippen LogP contribution in [-0.4, -0.2) is 15.0 Å². The number of nitrogens with zero attached hydrogens (tertiary/aromatic N) is 3. The van der Waals surface area contributed by atoms with Gasteiger partial charge in [-0.05, 0) is 73.8 Å². The fraction of sp³-hybridized carbons (Fsp3) is 0. The van der Waals surface area contributed by atoms with Gasteiger partial charge in [0.15, 0.2) is 17.5 Å². The van der Waals surface area contributed by atoms with Crippen LogP contribution in [0.5, 0.6) is 0 Å². The Balaban J connectivity index is 0.831. The summed E-state index contributed by atoms with van der Waals surface area (Å²) < 4.78 is 9.03. The van der Waals surface area contributed by atoms with Crippen molar-refractivity contribution in [1.29, 1.82) is 0 Å². The van der Waals surface area contributed by atoms with E-state index in [0.717, 1.165) is 60.9 Å². The van der Waals surface area contributed by atoms with Gasteiger partial charge in [0.1, 0.15) is 11.2 Å². The highest BCUT2D eigenvalue weighted by atomic mass is 32.1. The first-order valence-electron chi connectivity index (χ1n) is 22.8. The molecule has 0 saturated heterocycles. The molecule has 0 spiro atoms. The molecule has 10 aromatic carbocycles. The van der Waals surface area contributed by atoms with E-state index in [9.17, 15) is 0 Å². The lowest BCUT2D eigenvalue weighted by atomic mass is 9.97. The van der Waals surface area contributed by atoms with Crippen molar-refractivity contribution in [2.45, 2.75) is 0 Å². The second-order valence-electron chi connectivity index (χ2n) is 17.1. The minimum Gasteiger partial charge on any atom is -0.456 e. The summed E-state index contributed by atoms with van der Waals surface area (Å²) in [6.45, 7) is 0. The topological polar surface area (TPSA) is 51.8 Å². The molecule has 0 aliphatic carbocycles. The zero-order chi connectivity index (χ0) is 45.0. The van der Waals surface area contributed by atoms with Gasteiger partial charge in [0.2, 0.25) is 0 Å². The van der Waals surface area contributed by atoms with Gasteiger partial charge < -0.3 is 4.42 Å². The maximum absolute atomic E-state index is 6.42. The van der Waals surface area contributed by atoms with Crippen LogP contribution in [0.1, 0.15) is 0 Å². The highest BCUT2D eigenvalue weighted by molar-refractivity contribution is 7.26. The molecule has 5 heteroatoms. The van der Waals surface area contributed by atoms with E-state index in [2.05, 4.69) is 188 Å². The molecule has 13 aromatic rings. The van der Waals surface area contributed by atoms with E-state index in [0.29, 0.717) is 17.5 Å². The van der Waals surface area contributed by atoms with Crippen LogP contribution in [0.15, 0.2) is 241 Å². The van der Waals surface area contributed by atoms with Crippen molar-refractivity contribution >= 4 is 53.4 Å². The summed E-state index contributed by atoms with van der Waals surface area (Å²) in [4.78, 5) is 15.4. The predicted octanol–water partition coefficient (Wildman–Crippen LogP) is 17.5. The van der Waals surface area contributed by atoms with Crippen LogP contribution in [0.4, 0.5) is 0 Å². The predicted molar refractivity (Wildman–Crippen MR) is 283 cm³/mol. The molecule has 0 unspecified atom stereocenters. The molecule has 318 valence electrons. The van der Waals surface area contributed by atoms with Crippen LogP contribution >= 0.6 is 11.3 Å². The van der Waals surface area contributed by atoms with Gasteiger partial charge in [0.25, 0.3) is 0 Å². The van der Waals surface area contributed by atoms with Crippen molar-refractivity contribution < 1.29 is 4.42 Å². The van der Waals surface area contributed by atoms with Crippen molar-refractivity contribution in [2.24, 2.45) is 0 Å². The molecule has 0 radical (unpaired) electrons. The van der Waals surface area contributed by atoms with E-state index in [1.807, 2.05) is 59.9 Å². The van der Waals surface area contributed by atoms with Crippen LogP contribution in [0, 0.1) is 0 Å². The number of aromatic nitrogens is 3. The number of furan rings is 1. The third-order valence-electron chi connectivity index (χ3n) is 13.0. The molecule has 4 nitrogen and oxygen atoms in total. The van der Waals surface area contributed by atoms with Crippen LogP contribution < -0.4 is 0 Å². The lowest BCUT2D eigenvalue weighted by molar-refractivity contribution is 0.669. The molecular weight excluding hydrogens is 847 g/mol. The summed E-state index contributed by atoms with van der Waals surface area (Å²) in [7, 11) is 0. The summed E-state index contributed by atoms with van der Waals surface area (Å²) in [6.07, 6.45) is 0. The van der Waals surface area contributed by atoms with Gasteiger partial charge in [-0.2, -0.15) is 0 Å². The lowest BCUT2D eigenvalue weighted by Crippen LogP contribution is -2.00. The Bertz CT molecular complexity index is 3970. The molecule has 68 heavy (non-hydrogen) atoms. The Morgan fingerprint density at radius 3 is 1.21 bits per heavy atom. The van der Waals surface area contributed by atoms with Crippen molar-refractivity contribution in [3.05, 3.63) is 237 Å². The minimum atomic E-state index is 0.592. The smallest absolute Gasteiger partial charge is 0.164 e. The van der Waals surface area contributed by atoms with E-state index in [1.165, 1.54) is 53.6 Å². The number of fused-ring (bicyclic) bond motifs is 6. The molecule has 0 aliphatic heterocycles. The van der Waals surface area contributed by atoms with Gasteiger partial charge in [-0.25, -0.2) is 15.0 Å². The van der Waals surface area contributed by atoms with Crippen LogP contribution in [-0.2, 0) is 0 Å². The standard InChI is InChI=1S/C63H39N3OS/c1-4-13-40(14-5-1)42-25-31-45(32-26-42)50-19-10-21-52-53-22-11-20-51(60(53)68-59(50)52)46-33-27-43(28-34-46)44-29-35-48(36-30-44)62-64-61(47-17-8-3-9-18-47)65-63(66-62)54-23-12-24-57-58(54)55-39-49(37-38-56(55)67-57)41-15-6-2-7-16-41/h1-39H. The average molecular weight is 886 g/mol. The van der Waals surface area contributed by atoms with Gasteiger partial charge in [-0.1, -0.05) is 218 Å². The average Bonchev–Trinajstić information content (AvgIpc) is 4.00. The van der Waals surface area contributed by atoms with Gasteiger partial charge in [-0.3, -0.25) is 0 Å². The third kappa shape index (κ3) is 7.05. The van der Waals surface area contributed by atoms with Crippen molar-refractivity contribution in [3.8, 4) is 89.8 Å². The first-order chi connectivity index (χ1) is 33.7. The fourth-order valence-corrected chi connectivity index (χ4v) is 10.9. The second-order valence-corrected chi connectivity index (χ2v) is 18.1. The molecule has 3 aromatic heterocycles. The maximum Gasteiger partial charge on any atom is 0.164 e. The third-order valence-corrected chi connectivity index (χ3v) is 14.3. The molecule has 0 atom stereocenters. The zero-order valence-corrected chi connectivity index (χ0v) is 37.5. The molecule has 0 saturated carbocycles. The quantitative estimate of drug-likeness (QED) is 0.153. The Hall–Kier alpha value is -8.77. The Morgan fingerprint density at radius 2 is 0.662 bits per heavy atom. The molecule has 0 N–H and O–H groups in total. The zero-order valence-electron chi connectivity index (χ0n) is 36.7. The second kappa shape index (κ2) is 16.6. The van der Waals surface area contributed by atoms with Gasteiger partial charge >= 0.3 is 0 Å². The molecular formula is C63H39N3OS. The number of hydrogen-bond donors (Lipinski definition) is 0. The molecule has 0 bridgehead atoms. The van der Waals surface area contributed by atoms with Crippen LogP contribution in [0.3, 0.4) is 0 Å².